The lowest BCUT2D eigenvalue weighted by atomic mass is 9.69. The van der Waals surface area contributed by atoms with Crippen molar-refractivity contribution in [1.29, 1.82) is 0 Å². The van der Waals surface area contributed by atoms with Crippen molar-refractivity contribution in [1.82, 2.24) is 20.7 Å². The van der Waals surface area contributed by atoms with Crippen LogP contribution in [0.1, 0.15) is 63.4 Å². The molecule has 8 heteroatoms. The van der Waals surface area contributed by atoms with Gasteiger partial charge in [-0.25, -0.2) is 13.1 Å². The second-order valence-corrected chi connectivity index (χ2v) is 12.3. The molecule has 7 nitrogen and oxygen atoms in total. The molecule has 5 rings (SSSR count). The fraction of sp³-hybridized carbons (Fsp3) is 0.720. The summed E-state index contributed by atoms with van der Waals surface area (Å²) in [5.41, 5.74) is 0.907. The van der Waals surface area contributed by atoms with Gasteiger partial charge >= 0.3 is 0 Å². The molecule has 2 saturated heterocycles. The first-order chi connectivity index (χ1) is 16.0. The Hall–Kier alpha value is -1.48. The predicted octanol–water partition coefficient (Wildman–Crippen LogP) is 2.28. The van der Waals surface area contributed by atoms with Gasteiger partial charge < -0.3 is 16.0 Å². The smallest absolute Gasteiger partial charge is 0.240 e. The minimum Gasteiger partial charge on any atom is -0.351 e. The highest BCUT2D eigenvalue weighted by atomic mass is 32.2. The summed E-state index contributed by atoms with van der Waals surface area (Å²) in [6, 6.07) is 7.31. The molecule has 182 valence electrons. The fourth-order valence-corrected chi connectivity index (χ4v) is 7.97. The molecule has 4 aliphatic rings. The lowest BCUT2D eigenvalue weighted by Gasteiger charge is -2.41. The van der Waals surface area contributed by atoms with Gasteiger partial charge in [0.25, 0.3) is 0 Å². The van der Waals surface area contributed by atoms with Crippen molar-refractivity contribution >= 4 is 15.9 Å². The summed E-state index contributed by atoms with van der Waals surface area (Å²) >= 11 is 0. The first-order valence-electron chi connectivity index (χ1n) is 12.9. The molecule has 4 fully saturated rings. The van der Waals surface area contributed by atoms with Gasteiger partial charge in [0.1, 0.15) is 0 Å². The van der Waals surface area contributed by atoms with Crippen LogP contribution in [-0.2, 0) is 21.4 Å². The normalized spacial score (nSPS) is 34.3. The lowest BCUT2D eigenvalue weighted by molar-refractivity contribution is -0.123. The van der Waals surface area contributed by atoms with E-state index in [-0.39, 0.29) is 18.0 Å². The van der Waals surface area contributed by atoms with Crippen molar-refractivity contribution in [2.24, 2.45) is 17.8 Å². The van der Waals surface area contributed by atoms with Crippen LogP contribution >= 0.6 is 0 Å². The molecular formula is C25H38N4O3S. The van der Waals surface area contributed by atoms with Gasteiger partial charge in [0.2, 0.25) is 15.9 Å². The van der Waals surface area contributed by atoms with Crippen LogP contribution in [0.15, 0.2) is 29.2 Å². The number of benzene rings is 1. The average molecular weight is 475 g/mol. The van der Waals surface area contributed by atoms with Crippen LogP contribution in [0.4, 0.5) is 0 Å². The van der Waals surface area contributed by atoms with Crippen LogP contribution in [0, 0.1) is 17.8 Å². The number of nitrogens with one attached hydrogen (secondary N) is 4. The molecule has 6 unspecified atom stereocenters. The molecule has 2 heterocycles. The first kappa shape index (κ1) is 23.3. The Morgan fingerprint density at radius 1 is 0.970 bits per heavy atom. The highest BCUT2D eigenvalue weighted by Crippen LogP contribution is 2.41. The highest BCUT2D eigenvalue weighted by Gasteiger charge is 2.38. The van der Waals surface area contributed by atoms with Crippen molar-refractivity contribution in [3.8, 4) is 0 Å². The summed E-state index contributed by atoms with van der Waals surface area (Å²) in [5, 5.41) is 9.90. The number of hydrogen-bond acceptors (Lipinski definition) is 5. The molecule has 1 aromatic carbocycles. The summed E-state index contributed by atoms with van der Waals surface area (Å²) < 4.78 is 29.1. The molecule has 0 bridgehead atoms. The van der Waals surface area contributed by atoms with Crippen LogP contribution in [0.3, 0.4) is 0 Å². The Bertz CT molecular complexity index is 919. The number of piperidine rings is 1. The van der Waals surface area contributed by atoms with Crippen molar-refractivity contribution in [3.05, 3.63) is 29.8 Å². The zero-order chi connectivity index (χ0) is 22.8. The molecule has 0 spiro atoms. The molecular weight excluding hydrogens is 436 g/mol. The van der Waals surface area contributed by atoms with Gasteiger partial charge in [-0.15, -0.1) is 0 Å². The fourth-order valence-electron chi connectivity index (χ4n) is 6.65. The Morgan fingerprint density at radius 2 is 1.76 bits per heavy atom. The molecule has 2 aliphatic carbocycles. The van der Waals surface area contributed by atoms with Gasteiger partial charge in [-0.2, -0.15) is 0 Å². The number of hydrogen-bond donors (Lipinski definition) is 4. The van der Waals surface area contributed by atoms with Gasteiger partial charge in [0.05, 0.1) is 10.9 Å². The second kappa shape index (κ2) is 10.0. The number of sulfonamides is 1. The van der Waals surface area contributed by atoms with E-state index in [1.807, 2.05) is 12.1 Å². The monoisotopic (exact) mass is 474 g/mol. The third-order valence-electron chi connectivity index (χ3n) is 8.46. The van der Waals surface area contributed by atoms with Gasteiger partial charge in [0, 0.05) is 18.6 Å². The van der Waals surface area contributed by atoms with E-state index < -0.39 is 10.0 Å². The summed E-state index contributed by atoms with van der Waals surface area (Å²) in [6.07, 6.45) is 10.1. The van der Waals surface area contributed by atoms with E-state index in [0.717, 1.165) is 50.8 Å². The van der Waals surface area contributed by atoms with Crippen LogP contribution in [0.5, 0.6) is 0 Å². The summed E-state index contributed by atoms with van der Waals surface area (Å²) in [4.78, 5) is 12.9. The molecule has 1 amide bonds. The van der Waals surface area contributed by atoms with Crippen molar-refractivity contribution in [3.63, 3.8) is 0 Å². The zero-order valence-corrected chi connectivity index (χ0v) is 20.2. The standard InChI is InChI=1S/C25H38N4O3S/c30-25(24-14-19-16-26-13-12-22(19)28-24)27-15-17-8-10-20(11-9-17)33(31,32)29-23-7-3-5-18-4-1-2-6-21(18)23/h8-11,18-19,21-24,26,28-29H,1-7,12-16H2,(H,27,30). The summed E-state index contributed by atoms with van der Waals surface area (Å²) in [7, 11) is -3.54. The molecule has 4 N–H and O–H groups in total. The van der Waals surface area contributed by atoms with Gasteiger partial charge in [-0.05, 0) is 74.2 Å². The Balaban J connectivity index is 1.15. The van der Waals surface area contributed by atoms with E-state index >= 15 is 0 Å². The molecule has 2 saturated carbocycles. The molecule has 6 atom stereocenters. The maximum absolute atomic E-state index is 13.1. The SMILES string of the molecule is O=C(NCc1ccc(S(=O)(=O)NC2CCCC3CCCCC32)cc1)C1CC2CNCCC2N1. The van der Waals surface area contributed by atoms with E-state index in [9.17, 15) is 13.2 Å². The maximum atomic E-state index is 13.1. The van der Waals surface area contributed by atoms with Crippen LogP contribution in [-0.4, -0.2) is 45.5 Å². The summed E-state index contributed by atoms with van der Waals surface area (Å²) in [6.45, 7) is 2.40. The van der Waals surface area contributed by atoms with E-state index in [0.29, 0.717) is 35.2 Å². The minimum atomic E-state index is -3.54. The molecule has 0 radical (unpaired) electrons. The summed E-state index contributed by atoms with van der Waals surface area (Å²) in [5.74, 6) is 1.72. The maximum Gasteiger partial charge on any atom is 0.240 e. The number of carbonyl (C=O) groups excluding carboxylic acids is 1. The zero-order valence-electron chi connectivity index (χ0n) is 19.4. The van der Waals surface area contributed by atoms with Crippen LogP contribution < -0.4 is 20.7 Å². The van der Waals surface area contributed by atoms with Gasteiger partial charge in [0.15, 0.2) is 0 Å². The number of rotatable bonds is 6. The van der Waals surface area contributed by atoms with E-state index in [1.54, 1.807) is 12.1 Å². The largest absolute Gasteiger partial charge is 0.351 e. The third kappa shape index (κ3) is 5.29. The Morgan fingerprint density at radius 3 is 2.58 bits per heavy atom. The van der Waals surface area contributed by atoms with E-state index in [4.69, 9.17) is 0 Å². The predicted molar refractivity (Wildman–Crippen MR) is 128 cm³/mol. The number of fused-ring (bicyclic) bond motifs is 2. The second-order valence-electron chi connectivity index (χ2n) is 10.5. The molecule has 1 aromatic rings. The topological polar surface area (TPSA) is 99.3 Å². The van der Waals surface area contributed by atoms with E-state index in [1.165, 1.54) is 25.7 Å². The van der Waals surface area contributed by atoms with E-state index in [2.05, 4.69) is 20.7 Å². The van der Waals surface area contributed by atoms with Crippen LogP contribution in [0.25, 0.3) is 0 Å². The van der Waals surface area contributed by atoms with Crippen molar-refractivity contribution in [2.75, 3.05) is 13.1 Å². The third-order valence-corrected chi connectivity index (χ3v) is 9.97. The molecule has 33 heavy (non-hydrogen) atoms. The quantitative estimate of drug-likeness (QED) is 0.507. The number of carbonyl (C=O) groups is 1. The Kier molecular flexibility index (Phi) is 7.07. The Labute approximate surface area is 197 Å². The van der Waals surface area contributed by atoms with Crippen molar-refractivity contribution in [2.45, 2.75) is 87.4 Å². The minimum absolute atomic E-state index is 0.0297. The average Bonchev–Trinajstić information content (AvgIpc) is 3.27. The van der Waals surface area contributed by atoms with Gasteiger partial charge in [-0.1, -0.05) is 44.2 Å². The number of amides is 1. The molecule has 2 aliphatic heterocycles. The molecule has 0 aromatic heterocycles. The van der Waals surface area contributed by atoms with Crippen molar-refractivity contribution < 1.29 is 13.2 Å². The highest BCUT2D eigenvalue weighted by molar-refractivity contribution is 7.89. The lowest BCUT2D eigenvalue weighted by Crippen LogP contribution is -2.46. The van der Waals surface area contributed by atoms with Gasteiger partial charge in [-0.3, -0.25) is 4.79 Å². The van der Waals surface area contributed by atoms with Crippen LogP contribution in [0.2, 0.25) is 0 Å². The first-order valence-corrected chi connectivity index (χ1v) is 14.3.